The first-order valence-electron chi connectivity index (χ1n) is 11.9. The summed E-state index contributed by atoms with van der Waals surface area (Å²) in [6.45, 7) is 8.25. The molecule has 0 saturated carbocycles. The molecule has 3 aromatic rings. The molecule has 1 unspecified atom stereocenters. The zero-order valence-electron chi connectivity index (χ0n) is 21.2. The van der Waals surface area contributed by atoms with Crippen molar-refractivity contribution in [2.75, 3.05) is 5.32 Å². The molecule has 0 radical (unpaired) electrons. The average Bonchev–Trinajstić information content (AvgIpc) is 2.87. The zero-order valence-corrected chi connectivity index (χ0v) is 22.7. The number of allylic oxidation sites excluding steroid dienone is 1. The molecule has 0 aliphatic heterocycles. The van der Waals surface area contributed by atoms with E-state index in [1.165, 1.54) is 0 Å². The van der Waals surface area contributed by atoms with Crippen LogP contribution < -0.4 is 10.6 Å². The van der Waals surface area contributed by atoms with E-state index in [0.717, 1.165) is 27.9 Å². The summed E-state index contributed by atoms with van der Waals surface area (Å²) in [7, 11) is 0. The van der Waals surface area contributed by atoms with Crippen LogP contribution in [0.25, 0.3) is 0 Å². The number of nitrogens with one attached hydrogen (secondary N) is 3. The number of carbonyl (C=O) groups is 1. The van der Waals surface area contributed by atoms with Crippen molar-refractivity contribution in [1.29, 1.82) is 5.41 Å². The predicted molar refractivity (Wildman–Crippen MR) is 152 cm³/mol. The van der Waals surface area contributed by atoms with Crippen molar-refractivity contribution < 1.29 is 4.79 Å². The fraction of sp³-hybridized carbons (Fsp3) is 0.241. The number of amides is 1. The molecule has 0 saturated heterocycles. The van der Waals surface area contributed by atoms with Crippen LogP contribution in [0.2, 0.25) is 10.0 Å². The summed E-state index contributed by atoms with van der Waals surface area (Å²) in [5.41, 5.74) is 4.84. The van der Waals surface area contributed by atoms with Gasteiger partial charge in [0.2, 0.25) is 0 Å². The number of anilines is 1. The Bertz CT molecular complexity index is 1340. The van der Waals surface area contributed by atoms with E-state index >= 15 is 0 Å². The van der Waals surface area contributed by atoms with Crippen LogP contribution in [0.5, 0.6) is 0 Å². The summed E-state index contributed by atoms with van der Waals surface area (Å²) in [6.07, 6.45) is 0. The lowest BCUT2D eigenvalue weighted by Crippen LogP contribution is -2.31. The molecule has 1 amide bonds. The lowest BCUT2D eigenvalue weighted by molar-refractivity contribution is -0.111. The number of nitrogens with zero attached hydrogens (tertiary/aromatic N) is 1. The van der Waals surface area contributed by atoms with Crippen molar-refractivity contribution in [1.82, 2.24) is 5.32 Å². The van der Waals surface area contributed by atoms with E-state index in [1.54, 1.807) is 18.2 Å². The van der Waals surface area contributed by atoms with E-state index in [-0.39, 0.29) is 5.92 Å². The Labute approximate surface area is 227 Å². The molecule has 0 aromatic heterocycles. The zero-order chi connectivity index (χ0) is 27.1. The summed E-state index contributed by atoms with van der Waals surface area (Å²) < 4.78 is 0. The van der Waals surface area contributed by atoms with Crippen LogP contribution in [0.4, 0.5) is 5.69 Å². The van der Waals surface area contributed by atoms with E-state index in [1.807, 2.05) is 76.2 Å². The Morgan fingerprint density at radius 3 is 2.22 bits per heavy atom. The molecule has 0 bridgehead atoms. The second-order valence-electron chi connectivity index (χ2n) is 9.13. The van der Waals surface area contributed by atoms with E-state index in [9.17, 15) is 9.70 Å². The van der Waals surface area contributed by atoms with Crippen molar-refractivity contribution in [3.05, 3.63) is 115 Å². The Morgan fingerprint density at radius 2 is 1.59 bits per heavy atom. The third-order valence-electron chi connectivity index (χ3n) is 6.09. The van der Waals surface area contributed by atoms with Gasteiger partial charge < -0.3 is 10.6 Å². The quantitative estimate of drug-likeness (QED) is 0.182. The number of rotatable bonds is 10. The molecular formula is C29H30Cl2N4O2. The van der Waals surface area contributed by atoms with Crippen LogP contribution in [0, 0.1) is 30.1 Å². The van der Waals surface area contributed by atoms with Gasteiger partial charge in [0.1, 0.15) is 5.71 Å². The normalized spacial score (nSPS) is 12.5. The van der Waals surface area contributed by atoms with Crippen molar-refractivity contribution in [3.63, 3.8) is 0 Å². The minimum absolute atomic E-state index is 0.115. The molecule has 3 N–H and O–H groups in total. The Morgan fingerprint density at radius 1 is 0.946 bits per heavy atom. The van der Waals surface area contributed by atoms with Crippen LogP contribution in [0.15, 0.2) is 83.2 Å². The van der Waals surface area contributed by atoms with Gasteiger partial charge in [0, 0.05) is 38.7 Å². The molecule has 0 fully saturated rings. The molecule has 3 aromatic carbocycles. The monoisotopic (exact) mass is 536 g/mol. The third kappa shape index (κ3) is 7.06. The molecule has 0 aliphatic rings. The van der Waals surface area contributed by atoms with Gasteiger partial charge >= 0.3 is 5.91 Å². The van der Waals surface area contributed by atoms with Crippen LogP contribution in [-0.2, 0) is 11.3 Å². The minimum Gasteiger partial charge on any atom is -0.384 e. The average molecular weight is 537 g/mol. The molecule has 8 heteroatoms. The maximum Gasteiger partial charge on any atom is 0.334 e. The fourth-order valence-corrected chi connectivity index (χ4v) is 4.57. The van der Waals surface area contributed by atoms with Gasteiger partial charge in [-0.1, -0.05) is 79.5 Å². The lowest BCUT2D eigenvalue weighted by atomic mass is 9.87. The number of hydrogen-bond donors (Lipinski definition) is 3. The van der Waals surface area contributed by atoms with Crippen molar-refractivity contribution >= 4 is 40.5 Å². The van der Waals surface area contributed by atoms with Gasteiger partial charge in [-0.25, -0.2) is 0 Å². The molecule has 0 aliphatic carbocycles. The predicted octanol–water partition coefficient (Wildman–Crippen LogP) is 7.78. The largest absolute Gasteiger partial charge is 0.384 e. The van der Waals surface area contributed by atoms with E-state index in [2.05, 4.69) is 15.8 Å². The van der Waals surface area contributed by atoms with Gasteiger partial charge in [-0.2, -0.15) is 0 Å². The second-order valence-corrected chi connectivity index (χ2v) is 10.0. The summed E-state index contributed by atoms with van der Waals surface area (Å²) in [5, 5.41) is 19.4. The molecule has 0 spiro atoms. The standard InChI is InChI=1S/C29H30Cl2N4O2/c1-17(2)27(33-16-20-8-6-5-7-9-20)25(26(32)29(36)35-37)28(23-13-12-21(30)14-19(23)4)34-24-15-22(31)11-10-18(24)3/h5-15,17,28,32-34H,16H2,1-4H3/b27-25+,32-26?. The second kappa shape index (κ2) is 12.7. The Kier molecular flexibility index (Phi) is 9.61. The molecule has 37 heavy (non-hydrogen) atoms. The van der Waals surface area contributed by atoms with Gasteiger partial charge in [-0.3, -0.25) is 10.2 Å². The lowest BCUT2D eigenvalue weighted by Gasteiger charge is -2.30. The highest BCUT2D eigenvalue weighted by Gasteiger charge is 2.31. The summed E-state index contributed by atoms with van der Waals surface area (Å²) in [4.78, 5) is 23.9. The number of nitroso groups, excluding NO2 is 1. The number of carbonyl (C=O) groups excluding carboxylic acids is 1. The van der Waals surface area contributed by atoms with Gasteiger partial charge in [0.15, 0.2) is 0 Å². The highest BCUT2D eigenvalue weighted by Crippen LogP contribution is 2.35. The van der Waals surface area contributed by atoms with Crippen LogP contribution in [0.1, 0.15) is 42.1 Å². The molecule has 1 atom stereocenters. The number of benzene rings is 3. The maximum atomic E-state index is 12.6. The maximum absolute atomic E-state index is 12.6. The topological polar surface area (TPSA) is 94.4 Å². The Balaban J connectivity index is 2.27. The van der Waals surface area contributed by atoms with Crippen LogP contribution in [0.3, 0.4) is 0 Å². The summed E-state index contributed by atoms with van der Waals surface area (Å²) >= 11 is 12.6. The van der Waals surface area contributed by atoms with Crippen molar-refractivity contribution in [2.24, 2.45) is 11.1 Å². The van der Waals surface area contributed by atoms with Gasteiger partial charge in [0.05, 0.1) is 6.04 Å². The number of hydrogen-bond acceptors (Lipinski definition) is 5. The fourth-order valence-electron chi connectivity index (χ4n) is 4.17. The summed E-state index contributed by atoms with van der Waals surface area (Å²) in [6, 6.07) is 20.0. The first-order valence-corrected chi connectivity index (χ1v) is 12.6. The molecule has 6 nitrogen and oxygen atoms in total. The highest BCUT2D eigenvalue weighted by atomic mass is 35.5. The van der Waals surface area contributed by atoms with E-state index in [4.69, 9.17) is 28.6 Å². The summed E-state index contributed by atoms with van der Waals surface area (Å²) in [5.74, 6) is -1.26. The highest BCUT2D eigenvalue weighted by molar-refractivity contribution is 6.45. The number of halogens is 2. The molecule has 0 heterocycles. The van der Waals surface area contributed by atoms with Crippen molar-refractivity contribution in [3.8, 4) is 0 Å². The van der Waals surface area contributed by atoms with Gasteiger partial charge in [-0.15, -0.1) is 4.91 Å². The van der Waals surface area contributed by atoms with Gasteiger partial charge in [-0.05, 0) is 66.3 Å². The van der Waals surface area contributed by atoms with Gasteiger partial charge in [0.25, 0.3) is 0 Å². The first-order chi connectivity index (χ1) is 17.6. The number of aryl methyl sites for hydroxylation is 2. The third-order valence-corrected chi connectivity index (χ3v) is 6.56. The molecular weight excluding hydrogens is 507 g/mol. The Hall–Kier alpha value is -3.48. The first kappa shape index (κ1) is 28.1. The molecule has 192 valence electrons. The van der Waals surface area contributed by atoms with Crippen LogP contribution in [-0.4, -0.2) is 11.6 Å². The van der Waals surface area contributed by atoms with Crippen molar-refractivity contribution in [2.45, 2.75) is 40.3 Å². The smallest absolute Gasteiger partial charge is 0.334 e. The van der Waals surface area contributed by atoms with Crippen LogP contribution >= 0.6 is 23.2 Å². The van der Waals surface area contributed by atoms with E-state index in [0.29, 0.717) is 27.9 Å². The SMILES string of the molecule is Cc1ccc(Cl)cc1NC(/C(C(=N)C(=O)N=O)=C(/NCc1ccccc1)C(C)C)c1ccc(Cl)cc1C. The minimum atomic E-state index is -1.14. The molecule has 3 rings (SSSR count). The van der Waals surface area contributed by atoms with E-state index < -0.39 is 17.7 Å².